The zero-order valence-corrected chi connectivity index (χ0v) is 15.1. The number of carbonyl (C=O) groups excluding carboxylic acids is 1. The Morgan fingerprint density at radius 1 is 1.05 bits per heavy atom. The maximum Gasteiger partial charge on any atom is 0.337 e. The van der Waals surface area contributed by atoms with Gasteiger partial charge in [0.05, 0.1) is 0 Å². The lowest BCUT2D eigenvalue weighted by Crippen LogP contribution is -2.52. The van der Waals surface area contributed by atoms with Crippen molar-refractivity contribution in [1.29, 1.82) is 0 Å². The first-order valence-corrected chi connectivity index (χ1v) is 12.3. The summed E-state index contributed by atoms with van der Waals surface area (Å²) in [5, 5.41) is 5.50. The molecular weight excluding hydrogens is 312 g/mol. The molecule has 0 aromatic carbocycles. The predicted octanol–water partition coefficient (Wildman–Crippen LogP) is 3.43. The van der Waals surface area contributed by atoms with E-state index in [-0.39, 0.29) is 6.03 Å². The summed E-state index contributed by atoms with van der Waals surface area (Å²) in [6.45, 7) is 14.3. The topological polar surface area (TPSA) is 56.4 Å². The van der Waals surface area contributed by atoms with Crippen LogP contribution < -0.4 is 13.0 Å². The third-order valence-electron chi connectivity index (χ3n) is 2.95. The zero-order chi connectivity index (χ0) is 15.6. The van der Waals surface area contributed by atoms with E-state index in [1.54, 1.807) is 5.41 Å². The van der Waals surface area contributed by atoms with E-state index in [0.29, 0.717) is 6.54 Å². The lowest BCUT2D eigenvalue weighted by molar-refractivity contribution is 0.232. The van der Waals surface area contributed by atoms with Gasteiger partial charge < -0.3 is 0 Å². The first kappa shape index (κ1) is 17.5. The van der Waals surface area contributed by atoms with Gasteiger partial charge in [-0.25, -0.2) is 13.0 Å². The summed E-state index contributed by atoms with van der Waals surface area (Å²) in [5.74, 6) is 0. The summed E-state index contributed by atoms with van der Waals surface area (Å²) in [6, 6.07) is -0.104. The van der Waals surface area contributed by atoms with E-state index in [2.05, 4.69) is 39.0 Å². The molecule has 1 rings (SSSR count). The molecule has 3 unspecified atom stereocenters. The maximum atomic E-state index is 12.5. The molecule has 0 radical (unpaired) electrons. The normalized spacial score (nSPS) is 48.0. The molecule has 0 aliphatic carbocycles. The Bertz CT molecular complexity index is 446. The zero-order valence-electron chi connectivity index (χ0n) is 12.6. The van der Waals surface area contributed by atoms with Gasteiger partial charge in [-0.15, -0.1) is 0 Å². The van der Waals surface area contributed by atoms with Gasteiger partial charge in [-0.3, -0.25) is 9.03 Å². The van der Waals surface area contributed by atoms with Crippen molar-refractivity contribution in [3.05, 3.63) is 36.0 Å². The molecule has 0 saturated carbocycles. The lowest BCUT2D eigenvalue weighted by atomic mass is 10.7. The van der Waals surface area contributed by atoms with Crippen LogP contribution in [-0.4, -0.2) is 35.6 Å². The van der Waals surface area contributed by atoms with Gasteiger partial charge in [0.25, 0.3) is 0 Å². The number of hydrogen-bond acceptors (Lipinski definition) is 3. The van der Waals surface area contributed by atoms with Crippen LogP contribution in [0.25, 0.3) is 0 Å². The van der Waals surface area contributed by atoms with Gasteiger partial charge in [-0.2, -0.15) is 0 Å². The number of nitrogens with zero attached hydrogens (tertiary/aromatic N) is 1. The first-order chi connectivity index (χ1) is 9.17. The van der Waals surface area contributed by atoms with E-state index in [9.17, 15) is 4.79 Å². The van der Waals surface area contributed by atoms with Crippen LogP contribution in [0.15, 0.2) is 36.0 Å². The van der Waals surface area contributed by atoms with Crippen LogP contribution in [0.1, 0.15) is 6.92 Å². The third kappa shape index (κ3) is 3.37. The molecule has 1 saturated heterocycles. The highest BCUT2D eigenvalue weighted by Crippen LogP contribution is 2.60. The molecule has 118 valence electrons. The van der Waals surface area contributed by atoms with Crippen molar-refractivity contribution >= 4 is 37.2 Å². The van der Waals surface area contributed by atoms with Crippen LogP contribution in [0.5, 0.6) is 0 Å². The SMILES string of the molecule is C=CS1(C)NC(=O)N(CC)S(C)(C=C)NS(C)(C=C)N1. The van der Waals surface area contributed by atoms with Crippen molar-refractivity contribution in [2.75, 3.05) is 25.3 Å². The molecule has 0 aromatic heterocycles. The van der Waals surface area contributed by atoms with E-state index < -0.39 is 31.2 Å². The number of nitrogens with one attached hydrogen (secondary N) is 3. The molecular formula is C12H26N4OS3. The molecule has 0 bridgehead atoms. The van der Waals surface area contributed by atoms with E-state index in [1.807, 2.05) is 34.6 Å². The number of carbonyl (C=O) groups is 1. The Labute approximate surface area is 127 Å². The molecule has 1 aliphatic rings. The summed E-state index contributed by atoms with van der Waals surface area (Å²) in [5.41, 5.74) is 0. The molecule has 2 amide bonds. The van der Waals surface area contributed by atoms with Crippen molar-refractivity contribution < 1.29 is 4.79 Å². The van der Waals surface area contributed by atoms with Gasteiger partial charge in [0.2, 0.25) is 0 Å². The molecule has 1 fully saturated rings. The molecule has 5 nitrogen and oxygen atoms in total. The monoisotopic (exact) mass is 338 g/mol. The standard InChI is InChI=1S/C12H26N4OS3/c1-8-16-12(17)13-18(5,9-2)14-19(6,10-3)15-20(16,7)11-4/h9-11,14-15H,2-4,8H2,1,5-7H3,(H,13,17). The molecule has 0 aromatic rings. The number of amides is 2. The maximum absolute atomic E-state index is 12.5. The molecule has 3 N–H and O–H groups in total. The Morgan fingerprint density at radius 2 is 1.60 bits per heavy atom. The Balaban J connectivity index is 3.34. The smallest absolute Gasteiger partial charge is 0.284 e. The van der Waals surface area contributed by atoms with Gasteiger partial charge in [-0.1, -0.05) is 50.9 Å². The number of rotatable bonds is 4. The minimum absolute atomic E-state index is 0.104. The highest BCUT2D eigenvalue weighted by atomic mass is 32.4. The van der Waals surface area contributed by atoms with Gasteiger partial charge in [0, 0.05) is 6.54 Å². The second-order valence-corrected chi connectivity index (χ2v) is 13.4. The fourth-order valence-electron chi connectivity index (χ4n) is 1.88. The Morgan fingerprint density at radius 3 is 2.00 bits per heavy atom. The summed E-state index contributed by atoms with van der Waals surface area (Å²) in [7, 11) is -4.80. The van der Waals surface area contributed by atoms with Crippen LogP contribution in [0.3, 0.4) is 0 Å². The van der Waals surface area contributed by atoms with E-state index in [4.69, 9.17) is 0 Å². The van der Waals surface area contributed by atoms with Crippen LogP contribution in [0, 0.1) is 0 Å². The van der Waals surface area contributed by atoms with Gasteiger partial charge in [0.1, 0.15) is 0 Å². The van der Waals surface area contributed by atoms with Gasteiger partial charge in [0.15, 0.2) is 0 Å². The molecule has 3 atom stereocenters. The van der Waals surface area contributed by atoms with Crippen LogP contribution in [0.2, 0.25) is 0 Å². The average molecular weight is 339 g/mol. The van der Waals surface area contributed by atoms with Crippen molar-refractivity contribution in [3.63, 3.8) is 0 Å². The summed E-state index contributed by atoms with van der Waals surface area (Å²) < 4.78 is 12.0. The van der Waals surface area contributed by atoms with E-state index in [1.165, 1.54) is 0 Å². The van der Waals surface area contributed by atoms with Crippen molar-refractivity contribution in [1.82, 2.24) is 17.3 Å². The first-order valence-electron chi connectivity index (χ1n) is 6.06. The highest BCUT2D eigenvalue weighted by molar-refractivity contribution is 8.52. The van der Waals surface area contributed by atoms with Gasteiger partial charge in [-0.05, 0) is 41.9 Å². The largest absolute Gasteiger partial charge is 0.337 e. The van der Waals surface area contributed by atoms with E-state index >= 15 is 0 Å². The van der Waals surface area contributed by atoms with Crippen LogP contribution >= 0.6 is 31.2 Å². The minimum Gasteiger partial charge on any atom is -0.284 e. The second kappa shape index (κ2) is 6.07. The summed E-state index contributed by atoms with van der Waals surface area (Å²) in [6.07, 6.45) is 6.06. The van der Waals surface area contributed by atoms with Crippen molar-refractivity contribution in [2.24, 2.45) is 0 Å². The number of urea groups is 1. The fraction of sp³-hybridized carbons (Fsp3) is 0.417. The predicted molar refractivity (Wildman–Crippen MR) is 98.3 cm³/mol. The molecule has 20 heavy (non-hydrogen) atoms. The molecule has 1 aliphatic heterocycles. The Hall–Kier alpha value is -0.540. The van der Waals surface area contributed by atoms with Crippen molar-refractivity contribution in [3.8, 4) is 0 Å². The van der Waals surface area contributed by atoms with Crippen LogP contribution in [0.4, 0.5) is 4.79 Å². The highest BCUT2D eigenvalue weighted by Gasteiger charge is 2.38. The number of hydrogen-bond donors (Lipinski definition) is 3. The quantitative estimate of drug-likeness (QED) is 0.736. The third-order valence-corrected chi connectivity index (χ3v) is 12.4. The van der Waals surface area contributed by atoms with Gasteiger partial charge >= 0.3 is 6.03 Å². The average Bonchev–Trinajstić information content (AvgIpc) is 2.37. The minimum atomic E-state index is -1.65. The molecule has 8 heteroatoms. The molecule has 1 heterocycles. The van der Waals surface area contributed by atoms with Crippen molar-refractivity contribution in [2.45, 2.75) is 6.92 Å². The molecule has 0 spiro atoms. The summed E-state index contributed by atoms with van der Waals surface area (Å²) >= 11 is 0. The summed E-state index contributed by atoms with van der Waals surface area (Å²) in [4.78, 5) is 12.5. The fourth-order valence-corrected chi connectivity index (χ4v) is 11.3. The second-order valence-electron chi connectivity index (χ2n) is 4.67. The Kier molecular flexibility index (Phi) is 5.31. The van der Waals surface area contributed by atoms with E-state index in [0.717, 1.165) is 0 Å². The lowest BCUT2D eigenvalue weighted by Gasteiger charge is -2.56. The van der Waals surface area contributed by atoms with Crippen LogP contribution in [-0.2, 0) is 0 Å².